The summed E-state index contributed by atoms with van der Waals surface area (Å²) in [7, 11) is 0. The standard InChI is InChI=1S/C14H9NS/c1-2-6-11-9(4-1)8-10-5-3-7-12-13(10)14(11)15-16-12/h1-8,15H. The molecular weight excluding hydrogens is 214 g/mol. The number of nitrogens with one attached hydrogen (secondary N) is 1. The fourth-order valence-electron chi connectivity index (χ4n) is 2.39. The zero-order valence-corrected chi connectivity index (χ0v) is 9.34. The molecule has 0 unspecified atom stereocenters. The summed E-state index contributed by atoms with van der Waals surface area (Å²) < 4.78 is 3.43. The number of anilines is 1. The smallest absolute Gasteiger partial charge is 0.0613 e. The van der Waals surface area contributed by atoms with Crippen molar-refractivity contribution in [3.63, 3.8) is 0 Å². The van der Waals surface area contributed by atoms with Crippen molar-refractivity contribution in [3.8, 4) is 0 Å². The molecule has 3 aromatic rings. The first-order chi connectivity index (χ1) is 7.93. The van der Waals surface area contributed by atoms with Crippen LogP contribution in [0.25, 0.3) is 21.5 Å². The van der Waals surface area contributed by atoms with Gasteiger partial charge in [0.25, 0.3) is 0 Å². The fourth-order valence-corrected chi connectivity index (χ4v) is 3.28. The average molecular weight is 223 g/mol. The van der Waals surface area contributed by atoms with Gasteiger partial charge in [0.05, 0.1) is 5.69 Å². The molecule has 16 heavy (non-hydrogen) atoms. The summed E-state index contributed by atoms with van der Waals surface area (Å²) in [6, 6.07) is 17.3. The Bertz CT molecular complexity index is 718. The largest absolute Gasteiger partial charge is 0.324 e. The molecule has 0 radical (unpaired) electrons. The predicted octanol–water partition coefficient (Wildman–Crippen LogP) is 4.43. The third-order valence-electron chi connectivity index (χ3n) is 3.11. The molecule has 3 aromatic carbocycles. The topological polar surface area (TPSA) is 12.0 Å². The molecule has 0 aromatic heterocycles. The van der Waals surface area contributed by atoms with Crippen LogP contribution in [0, 0.1) is 0 Å². The average Bonchev–Trinajstić information content (AvgIpc) is 2.76. The van der Waals surface area contributed by atoms with Gasteiger partial charge in [-0.3, -0.25) is 0 Å². The monoisotopic (exact) mass is 223 g/mol. The molecule has 1 nitrogen and oxygen atoms in total. The van der Waals surface area contributed by atoms with Crippen molar-refractivity contribution in [2.75, 3.05) is 4.72 Å². The Kier molecular flexibility index (Phi) is 1.55. The van der Waals surface area contributed by atoms with E-state index in [0.717, 1.165) is 0 Å². The zero-order chi connectivity index (χ0) is 10.5. The van der Waals surface area contributed by atoms with E-state index >= 15 is 0 Å². The second kappa shape index (κ2) is 2.92. The molecule has 0 saturated heterocycles. The molecular formula is C14H9NS. The highest BCUT2D eigenvalue weighted by Crippen LogP contribution is 2.44. The van der Waals surface area contributed by atoms with Crippen LogP contribution < -0.4 is 4.72 Å². The van der Waals surface area contributed by atoms with Crippen molar-refractivity contribution in [2.45, 2.75) is 4.90 Å². The predicted molar refractivity (Wildman–Crippen MR) is 70.9 cm³/mol. The quantitative estimate of drug-likeness (QED) is 0.447. The molecule has 0 fully saturated rings. The van der Waals surface area contributed by atoms with Gasteiger partial charge in [-0.2, -0.15) is 0 Å². The second-order valence-electron chi connectivity index (χ2n) is 4.03. The van der Waals surface area contributed by atoms with Crippen molar-refractivity contribution in [3.05, 3.63) is 48.5 Å². The lowest BCUT2D eigenvalue weighted by Crippen LogP contribution is -1.82. The lowest BCUT2D eigenvalue weighted by molar-refractivity contribution is 1.59. The van der Waals surface area contributed by atoms with Crippen LogP contribution >= 0.6 is 11.9 Å². The number of fused-ring (bicyclic) bond motifs is 2. The van der Waals surface area contributed by atoms with Gasteiger partial charge in [-0.1, -0.05) is 36.4 Å². The van der Waals surface area contributed by atoms with E-state index in [0.29, 0.717) is 0 Å². The molecule has 4 rings (SSSR count). The highest BCUT2D eigenvalue weighted by Gasteiger charge is 2.16. The third kappa shape index (κ3) is 0.973. The van der Waals surface area contributed by atoms with Gasteiger partial charge in [0.2, 0.25) is 0 Å². The molecule has 0 amide bonds. The van der Waals surface area contributed by atoms with Crippen molar-refractivity contribution in [1.29, 1.82) is 0 Å². The summed E-state index contributed by atoms with van der Waals surface area (Å²) in [6.07, 6.45) is 0. The number of hydrogen-bond donors (Lipinski definition) is 1. The lowest BCUT2D eigenvalue weighted by Gasteiger charge is -2.05. The van der Waals surface area contributed by atoms with Crippen molar-refractivity contribution in [1.82, 2.24) is 0 Å². The van der Waals surface area contributed by atoms with Gasteiger partial charge in [0.15, 0.2) is 0 Å². The van der Waals surface area contributed by atoms with Crippen LogP contribution in [0.1, 0.15) is 0 Å². The number of benzene rings is 3. The molecule has 76 valence electrons. The maximum atomic E-state index is 3.43. The van der Waals surface area contributed by atoms with Crippen LogP contribution in [-0.2, 0) is 0 Å². The first kappa shape index (κ1) is 8.48. The van der Waals surface area contributed by atoms with E-state index in [9.17, 15) is 0 Å². The first-order valence-corrected chi connectivity index (χ1v) is 6.12. The highest BCUT2D eigenvalue weighted by molar-refractivity contribution is 8.01. The fraction of sp³-hybridized carbons (Fsp3) is 0. The minimum Gasteiger partial charge on any atom is -0.324 e. The van der Waals surface area contributed by atoms with Gasteiger partial charge in [0, 0.05) is 15.7 Å². The Hall–Kier alpha value is -1.67. The molecule has 1 N–H and O–H groups in total. The maximum absolute atomic E-state index is 3.43. The minimum atomic E-state index is 1.27. The summed E-state index contributed by atoms with van der Waals surface area (Å²) in [5.74, 6) is 0. The Morgan fingerprint density at radius 2 is 1.75 bits per heavy atom. The molecule has 0 bridgehead atoms. The molecule has 1 aliphatic rings. The van der Waals surface area contributed by atoms with Gasteiger partial charge in [-0.05, 0) is 34.9 Å². The normalized spacial score (nSPS) is 13.2. The Balaban J connectivity index is 2.34. The van der Waals surface area contributed by atoms with E-state index in [1.165, 1.54) is 32.1 Å². The molecule has 0 atom stereocenters. The molecule has 0 aliphatic carbocycles. The summed E-state index contributed by atoms with van der Waals surface area (Å²) in [5.41, 5.74) is 1.27. The molecule has 0 saturated carbocycles. The molecule has 1 aliphatic heterocycles. The van der Waals surface area contributed by atoms with Crippen LogP contribution in [0.3, 0.4) is 0 Å². The van der Waals surface area contributed by atoms with E-state index in [-0.39, 0.29) is 0 Å². The van der Waals surface area contributed by atoms with Crippen LogP contribution in [0.5, 0.6) is 0 Å². The molecule has 2 heteroatoms. The van der Waals surface area contributed by atoms with Crippen LogP contribution in [0.15, 0.2) is 53.4 Å². The Morgan fingerprint density at radius 3 is 2.75 bits per heavy atom. The van der Waals surface area contributed by atoms with E-state index < -0.39 is 0 Å². The third-order valence-corrected chi connectivity index (χ3v) is 3.98. The van der Waals surface area contributed by atoms with Gasteiger partial charge in [-0.15, -0.1) is 0 Å². The van der Waals surface area contributed by atoms with Gasteiger partial charge in [0.1, 0.15) is 0 Å². The van der Waals surface area contributed by atoms with Crippen molar-refractivity contribution in [2.24, 2.45) is 0 Å². The summed E-state index contributed by atoms with van der Waals surface area (Å²) >= 11 is 1.71. The zero-order valence-electron chi connectivity index (χ0n) is 8.53. The van der Waals surface area contributed by atoms with Gasteiger partial charge >= 0.3 is 0 Å². The minimum absolute atomic E-state index is 1.27. The van der Waals surface area contributed by atoms with Crippen LogP contribution in [0.4, 0.5) is 5.69 Å². The molecule has 1 heterocycles. The Morgan fingerprint density at radius 1 is 0.875 bits per heavy atom. The van der Waals surface area contributed by atoms with E-state index in [2.05, 4.69) is 53.3 Å². The number of hydrogen-bond acceptors (Lipinski definition) is 2. The first-order valence-electron chi connectivity index (χ1n) is 5.31. The van der Waals surface area contributed by atoms with Crippen molar-refractivity contribution >= 4 is 39.2 Å². The van der Waals surface area contributed by atoms with Crippen LogP contribution in [-0.4, -0.2) is 0 Å². The molecule has 0 spiro atoms. The SMILES string of the molecule is c1ccc2c3c4c(cccc4cc2c1)SN3. The van der Waals surface area contributed by atoms with Gasteiger partial charge < -0.3 is 4.72 Å². The summed E-state index contributed by atoms with van der Waals surface area (Å²) in [4.78, 5) is 1.33. The van der Waals surface area contributed by atoms with E-state index in [1.807, 2.05) is 0 Å². The lowest BCUT2D eigenvalue weighted by atomic mass is 10.0. The Labute approximate surface area is 97.6 Å². The van der Waals surface area contributed by atoms with E-state index in [4.69, 9.17) is 0 Å². The summed E-state index contributed by atoms with van der Waals surface area (Å²) in [6.45, 7) is 0. The van der Waals surface area contributed by atoms with Crippen molar-refractivity contribution < 1.29 is 0 Å². The van der Waals surface area contributed by atoms with Gasteiger partial charge in [-0.25, -0.2) is 0 Å². The maximum Gasteiger partial charge on any atom is 0.0613 e. The highest BCUT2D eigenvalue weighted by atomic mass is 32.2. The number of rotatable bonds is 0. The van der Waals surface area contributed by atoms with E-state index in [1.54, 1.807) is 11.9 Å². The summed E-state index contributed by atoms with van der Waals surface area (Å²) in [5, 5.41) is 5.31. The second-order valence-corrected chi connectivity index (χ2v) is 4.88. The van der Waals surface area contributed by atoms with Crippen LogP contribution in [0.2, 0.25) is 0 Å².